The van der Waals surface area contributed by atoms with E-state index < -0.39 is 13.1 Å². The summed E-state index contributed by atoms with van der Waals surface area (Å²) in [6.45, 7) is 4.04. The monoisotopic (exact) mass is 401 g/mol. The molecule has 2 saturated heterocycles. The summed E-state index contributed by atoms with van der Waals surface area (Å²) in [5.74, 6) is -0.544. The van der Waals surface area contributed by atoms with E-state index in [4.69, 9.17) is 15.1 Å². The lowest BCUT2D eigenvalue weighted by Gasteiger charge is -2.42. The maximum absolute atomic E-state index is 12.0. The van der Waals surface area contributed by atoms with Crippen molar-refractivity contribution in [2.75, 3.05) is 19.6 Å². The molecule has 0 radical (unpaired) electrons. The Hall–Kier alpha value is -2.30. The molecular formula is C19H24BN3O6. The van der Waals surface area contributed by atoms with Crippen molar-refractivity contribution >= 4 is 19.0 Å². The first-order valence-electron chi connectivity index (χ1n) is 10.0. The van der Waals surface area contributed by atoms with Crippen LogP contribution in [0.1, 0.15) is 35.2 Å². The minimum Gasteiger partial charge on any atom is -0.535 e. The summed E-state index contributed by atoms with van der Waals surface area (Å²) in [6, 6.07) is 3.49. The molecule has 5 atom stereocenters. The minimum atomic E-state index is -1.13. The highest BCUT2D eigenvalue weighted by Gasteiger charge is 2.60. The van der Waals surface area contributed by atoms with Gasteiger partial charge < -0.3 is 30.6 Å². The number of carbonyl (C=O) groups is 2. The molecule has 29 heavy (non-hydrogen) atoms. The van der Waals surface area contributed by atoms with E-state index in [9.17, 15) is 19.7 Å². The Kier molecular flexibility index (Phi) is 4.27. The number of hydrogen-bond donors (Lipinski definition) is 4. The lowest BCUT2D eigenvalue weighted by atomic mass is 9.76. The molecule has 10 heteroatoms. The van der Waals surface area contributed by atoms with E-state index in [2.05, 4.69) is 10.2 Å². The van der Waals surface area contributed by atoms with Gasteiger partial charge in [0.25, 0.3) is 0 Å². The highest BCUT2D eigenvalue weighted by molar-refractivity contribution is 6.48. The number of fused-ring (bicyclic) bond motifs is 3. The molecule has 5 N–H and O–H groups in total. The molecule has 1 aliphatic carbocycles. The van der Waals surface area contributed by atoms with Gasteiger partial charge in [-0.2, -0.15) is 0 Å². The highest BCUT2D eigenvalue weighted by atomic mass is 16.5. The van der Waals surface area contributed by atoms with Gasteiger partial charge in [0.2, 0.25) is 5.91 Å². The molecule has 0 bridgehead atoms. The summed E-state index contributed by atoms with van der Waals surface area (Å²) in [6.07, 6.45) is 0.535. The molecule has 1 amide bonds. The summed E-state index contributed by atoms with van der Waals surface area (Å²) in [4.78, 5) is 25.5. The van der Waals surface area contributed by atoms with Crippen LogP contribution < -0.4 is 20.4 Å². The van der Waals surface area contributed by atoms with E-state index in [0.29, 0.717) is 26.1 Å². The number of rotatable bonds is 5. The number of carbonyl (C=O) groups excluding carboxylic acids is 1. The summed E-state index contributed by atoms with van der Waals surface area (Å²) >= 11 is 0. The Bertz CT molecular complexity index is 876. The first kappa shape index (κ1) is 18.7. The second kappa shape index (κ2) is 6.61. The zero-order valence-electron chi connectivity index (χ0n) is 16.1. The van der Waals surface area contributed by atoms with Crippen molar-refractivity contribution in [3.8, 4) is 11.5 Å². The molecule has 1 aromatic carbocycles. The average molecular weight is 401 g/mol. The van der Waals surface area contributed by atoms with Crippen LogP contribution in [0.5, 0.6) is 11.5 Å². The molecular weight excluding hydrogens is 377 g/mol. The number of aromatic carboxylic acids is 1. The van der Waals surface area contributed by atoms with Crippen LogP contribution in [0.15, 0.2) is 12.1 Å². The number of carboxylic acid groups (broad SMARTS) is 1. The summed E-state index contributed by atoms with van der Waals surface area (Å²) < 4.78 is 11.6. The maximum atomic E-state index is 12.0. The zero-order chi connectivity index (χ0) is 20.4. The van der Waals surface area contributed by atoms with Gasteiger partial charge >= 0.3 is 13.1 Å². The maximum Gasteiger partial charge on any atom is 0.526 e. The fourth-order valence-electron chi connectivity index (χ4n) is 5.13. The van der Waals surface area contributed by atoms with E-state index in [0.717, 1.165) is 5.56 Å². The third-order valence-electron chi connectivity index (χ3n) is 6.88. The van der Waals surface area contributed by atoms with Crippen LogP contribution in [0.3, 0.4) is 0 Å². The molecule has 0 aromatic heterocycles. The van der Waals surface area contributed by atoms with Crippen LogP contribution >= 0.6 is 0 Å². The first-order chi connectivity index (χ1) is 13.8. The molecule has 3 aliphatic heterocycles. The second-order valence-electron chi connectivity index (χ2n) is 8.58. The lowest BCUT2D eigenvalue weighted by molar-refractivity contribution is -0.119. The number of carboxylic acids is 1. The van der Waals surface area contributed by atoms with Crippen molar-refractivity contribution in [3.05, 3.63) is 23.3 Å². The number of hydrogen-bond acceptors (Lipinski definition) is 7. The molecule has 154 valence electrons. The molecule has 4 aliphatic rings. The molecule has 1 aromatic rings. The van der Waals surface area contributed by atoms with Crippen LogP contribution in [0.2, 0.25) is 5.82 Å². The van der Waals surface area contributed by atoms with Crippen LogP contribution in [-0.2, 0) is 4.79 Å². The van der Waals surface area contributed by atoms with Gasteiger partial charge in [0.05, 0.1) is 6.04 Å². The van der Waals surface area contributed by atoms with E-state index in [-0.39, 0.29) is 58.8 Å². The normalized spacial score (nSPS) is 33.3. The van der Waals surface area contributed by atoms with Gasteiger partial charge in [0.15, 0.2) is 0 Å². The molecule has 9 nitrogen and oxygen atoms in total. The lowest BCUT2D eigenvalue weighted by Crippen LogP contribution is -2.58. The van der Waals surface area contributed by atoms with Crippen molar-refractivity contribution in [3.63, 3.8) is 0 Å². The fourth-order valence-corrected chi connectivity index (χ4v) is 5.13. The standard InChI is InChI=1S/C19H24BN3O6/c1-8-14-11-2-3-13(15(19(25)26)17(11)29-20(27)16(8)14)28-10-6-23(7-10)9-4-12(18(21)24)22-5-9/h2-3,8-10,12,14,16,22,27H,4-7H2,1H3,(H2,21,24)(H,25,26)/t8-,9+,12+,14?,16?/m0/s1. The van der Waals surface area contributed by atoms with Crippen LogP contribution in [-0.4, -0.2) is 71.8 Å². The van der Waals surface area contributed by atoms with Crippen LogP contribution in [0.4, 0.5) is 0 Å². The third-order valence-corrected chi connectivity index (χ3v) is 6.88. The van der Waals surface area contributed by atoms with Crippen molar-refractivity contribution in [2.45, 2.75) is 43.3 Å². The largest absolute Gasteiger partial charge is 0.535 e. The average Bonchev–Trinajstić information content (AvgIpc) is 3.09. The molecule has 2 unspecified atom stereocenters. The van der Waals surface area contributed by atoms with Gasteiger partial charge in [0.1, 0.15) is 23.2 Å². The number of amides is 1. The quantitative estimate of drug-likeness (QED) is 0.492. The van der Waals surface area contributed by atoms with Crippen molar-refractivity contribution in [2.24, 2.45) is 11.7 Å². The summed E-state index contributed by atoms with van der Waals surface area (Å²) in [5, 5.41) is 23.1. The van der Waals surface area contributed by atoms with Gasteiger partial charge in [-0.1, -0.05) is 13.0 Å². The fraction of sp³-hybridized carbons (Fsp3) is 0.579. The summed E-state index contributed by atoms with van der Waals surface area (Å²) in [7, 11) is -0.983. The minimum absolute atomic E-state index is 0.0196. The zero-order valence-corrected chi connectivity index (χ0v) is 16.1. The number of nitrogens with one attached hydrogen (secondary N) is 1. The predicted molar refractivity (Wildman–Crippen MR) is 103 cm³/mol. The third kappa shape index (κ3) is 2.97. The van der Waals surface area contributed by atoms with Crippen molar-refractivity contribution in [1.29, 1.82) is 0 Å². The van der Waals surface area contributed by atoms with Gasteiger partial charge in [-0.3, -0.25) is 9.69 Å². The molecule has 3 heterocycles. The van der Waals surface area contributed by atoms with E-state index in [1.54, 1.807) is 6.07 Å². The number of benzene rings is 1. The Labute approximate surface area is 168 Å². The number of ether oxygens (including phenoxy) is 1. The first-order valence-corrected chi connectivity index (χ1v) is 10.0. The van der Waals surface area contributed by atoms with Gasteiger partial charge in [-0.15, -0.1) is 0 Å². The smallest absolute Gasteiger partial charge is 0.526 e. The highest BCUT2D eigenvalue weighted by Crippen LogP contribution is 2.65. The second-order valence-corrected chi connectivity index (χ2v) is 8.58. The number of primary amides is 1. The predicted octanol–water partition coefficient (Wildman–Crippen LogP) is -0.360. The van der Waals surface area contributed by atoms with E-state index in [1.807, 2.05) is 13.0 Å². The van der Waals surface area contributed by atoms with E-state index >= 15 is 0 Å². The number of nitrogens with two attached hydrogens (primary N) is 1. The van der Waals surface area contributed by atoms with Crippen molar-refractivity contribution in [1.82, 2.24) is 10.2 Å². The van der Waals surface area contributed by atoms with Gasteiger partial charge in [-0.05, 0) is 29.9 Å². The molecule has 1 saturated carbocycles. The van der Waals surface area contributed by atoms with Crippen LogP contribution in [0, 0.1) is 5.92 Å². The summed E-state index contributed by atoms with van der Waals surface area (Å²) in [5.41, 5.74) is 6.17. The molecule has 5 rings (SSSR count). The SMILES string of the molecule is C[C@@H]1C2B(O)Oc3c(ccc(OC4CN([C@H]5CN[C@@H](C(N)=O)C5)C4)c3C(=O)O)C21. The van der Waals surface area contributed by atoms with Crippen LogP contribution in [0.25, 0.3) is 0 Å². The topological polar surface area (TPSA) is 134 Å². The van der Waals surface area contributed by atoms with E-state index in [1.165, 1.54) is 0 Å². The number of nitrogens with zero attached hydrogens (tertiary/aromatic N) is 1. The molecule has 3 fully saturated rings. The molecule has 0 spiro atoms. The Morgan fingerprint density at radius 1 is 1.38 bits per heavy atom. The Morgan fingerprint density at radius 3 is 2.79 bits per heavy atom. The van der Waals surface area contributed by atoms with Crippen molar-refractivity contribution < 1.29 is 29.1 Å². The number of likely N-dealkylation sites (tertiary alicyclic amines) is 1. The van der Waals surface area contributed by atoms with Gasteiger partial charge in [-0.25, -0.2) is 4.79 Å². The Balaban J connectivity index is 1.29. The van der Waals surface area contributed by atoms with Gasteiger partial charge in [0, 0.05) is 31.5 Å². The Morgan fingerprint density at radius 2 is 2.14 bits per heavy atom.